The van der Waals surface area contributed by atoms with Gasteiger partial charge < -0.3 is 9.80 Å². The number of hydrogen-bond donors (Lipinski definition) is 0. The van der Waals surface area contributed by atoms with Gasteiger partial charge in [0.1, 0.15) is 6.07 Å². The Morgan fingerprint density at radius 3 is 1.37 bits per heavy atom. The normalized spacial score (nSPS) is 13.9. The first-order valence-corrected chi connectivity index (χ1v) is 13.7. The van der Waals surface area contributed by atoms with Gasteiger partial charge in [-0.2, -0.15) is 5.26 Å². The van der Waals surface area contributed by atoms with Crippen LogP contribution in [0.15, 0.2) is 146 Å². The molecule has 6 aromatic rings. The predicted molar refractivity (Wildman–Crippen MR) is 164 cm³/mol. The zero-order valence-electron chi connectivity index (χ0n) is 22.1. The van der Waals surface area contributed by atoms with E-state index in [4.69, 9.17) is 0 Å². The average Bonchev–Trinajstić information content (AvgIpc) is 3.05. The number of nitrogens with zero attached hydrogens (tertiary/aromatic N) is 4. The molecule has 0 bridgehead atoms. The van der Waals surface area contributed by atoms with Crippen LogP contribution < -0.4 is 9.80 Å². The lowest BCUT2D eigenvalue weighted by atomic mass is 9.60. The highest BCUT2D eigenvalue weighted by Crippen LogP contribution is 2.63. The molecule has 192 valence electrons. The number of anilines is 6. The second-order valence-corrected chi connectivity index (χ2v) is 10.3. The minimum Gasteiger partial charge on any atom is -0.310 e. The van der Waals surface area contributed by atoms with Crippen molar-refractivity contribution in [2.24, 2.45) is 0 Å². The van der Waals surface area contributed by atoms with Crippen molar-refractivity contribution in [2.75, 3.05) is 9.80 Å². The lowest BCUT2D eigenvalue weighted by Crippen LogP contribution is -2.42. The molecule has 0 radical (unpaired) electrons. The number of rotatable bonds is 2. The van der Waals surface area contributed by atoms with E-state index in [2.05, 4.69) is 148 Å². The highest BCUT2D eigenvalue weighted by molar-refractivity contribution is 5.96. The van der Waals surface area contributed by atoms with E-state index in [1.807, 2.05) is 12.1 Å². The molecule has 3 heterocycles. The Labute approximate surface area is 239 Å². The Hall–Kier alpha value is -5.66. The number of aromatic nitrogens is 1. The van der Waals surface area contributed by atoms with Crippen LogP contribution in [-0.2, 0) is 5.41 Å². The second-order valence-electron chi connectivity index (χ2n) is 10.3. The quantitative estimate of drug-likeness (QED) is 0.226. The van der Waals surface area contributed by atoms with Crippen LogP contribution in [0, 0.1) is 11.3 Å². The molecule has 4 nitrogen and oxygen atoms in total. The van der Waals surface area contributed by atoms with Gasteiger partial charge in [-0.15, -0.1) is 0 Å². The Bertz CT molecular complexity index is 1890. The topological polar surface area (TPSA) is 43.2 Å². The van der Waals surface area contributed by atoms with Crippen molar-refractivity contribution in [2.45, 2.75) is 5.41 Å². The van der Waals surface area contributed by atoms with E-state index in [0.717, 1.165) is 34.1 Å². The molecule has 1 spiro atoms. The van der Waals surface area contributed by atoms with Crippen molar-refractivity contribution >= 4 is 34.1 Å². The summed E-state index contributed by atoms with van der Waals surface area (Å²) < 4.78 is 0. The molecule has 0 amide bonds. The molecule has 4 heteroatoms. The van der Waals surface area contributed by atoms with Crippen molar-refractivity contribution in [3.05, 3.63) is 174 Å². The summed E-state index contributed by atoms with van der Waals surface area (Å²) in [5, 5.41) is 10.0. The summed E-state index contributed by atoms with van der Waals surface area (Å²) in [6.07, 6.45) is 1.68. The molecule has 1 aromatic heterocycles. The predicted octanol–water partition coefficient (Wildman–Crippen LogP) is 8.90. The van der Waals surface area contributed by atoms with E-state index in [9.17, 15) is 5.26 Å². The fraction of sp³-hybridized carbons (Fsp3) is 0.0270. The third kappa shape index (κ3) is 3.12. The third-order valence-electron chi connectivity index (χ3n) is 8.34. The molecule has 41 heavy (non-hydrogen) atoms. The van der Waals surface area contributed by atoms with Crippen molar-refractivity contribution in [3.63, 3.8) is 0 Å². The maximum absolute atomic E-state index is 10.0. The molecular weight excluding hydrogens is 500 g/mol. The number of hydrogen-bond acceptors (Lipinski definition) is 4. The van der Waals surface area contributed by atoms with Crippen molar-refractivity contribution in [3.8, 4) is 6.07 Å². The molecule has 2 aliphatic heterocycles. The number of para-hydroxylation sites is 5. The van der Waals surface area contributed by atoms with Gasteiger partial charge in [0.05, 0.1) is 33.9 Å². The third-order valence-corrected chi connectivity index (χ3v) is 8.34. The van der Waals surface area contributed by atoms with Crippen molar-refractivity contribution in [1.82, 2.24) is 4.98 Å². The maximum atomic E-state index is 10.0. The molecule has 0 fully saturated rings. The van der Waals surface area contributed by atoms with Gasteiger partial charge in [-0.05, 0) is 70.8 Å². The van der Waals surface area contributed by atoms with Gasteiger partial charge in [0.25, 0.3) is 0 Å². The lowest BCUT2D eigenvalue weighted by molar-refractivity contribution is 0.718. The first-order chi connectivity index (χ1) is 20.3. The molecule has 5 aromatic carbocycles. The summed E-state index contributed by atoms with van der Waals surface area (Å²) in [6.45, 7) is 0. The number of pyridine rings is 1. The zero-order chi connectivity index (χ0) is 27.4. The molecule has 0 saturated carbocycles. The molecule has 0 atom stereocenters. The largest absolute Gasteiger partial charge is 0.310 e. The molecular formula is C37H24N4. The number of fused-ring (bicyclic) bond motifs is 8. The zero-order valence-corrected chi connectivity index (χ0v) is 22.1. The minimum atomic E-state index is -0.586. The van der Waals surface area contributed by atoms with Gasteiger partial charge in [-0.3, -0.25) is 0 Å². The minimum absolute atomic E-state index is 0.396. The van der Waals surface area contributed by atoms with Crippen LogP contribution >= 0.6 is 0 Å². The fourth-order valence-corrected chi connectivity index (χ4v) is 6.85. The van der Waals surface area contributed by atoms with Crippen LogP contribution in [0.5, 0.6) is 0 Å². The first-order valence-electron chi connectivity index (χ1n) is 13.7. The lowest BCUT2D eigenvalue weighted by Gasteiger charge is -2.51. The smallest absolute Gasteiger partial charge is 0.164 e. The van der Waals surface area contributed by atoms with Gasteiger partial charge in [0.2, 0.25) is 0 Å². The summed E-state index contributed by atoms with van der Waals surface area (Å²) in [6, 6.07) is 51.5. The monoisotopic (exact) mass is 524 g/mol. The molecule has 2 aliphatic rings. The van der Waals surface area contributed by atoms with Gasteiger partial charge >= 0.3 is 0 Å². The van der Waals surface area contributed by atoms with Crippen LogP contribution in [-0.4, -0.2) is 4.98 Å². The summed E-state index contributed by atoms with van der Waals surface area (Å²) in [5.41, 5.74) is 10.8. The molecule has 0 unspecified atom stereocenters. The van der Waals surface area contributed by atoms with E-state index < -0.39 is 5.41 Å². The van der Waals surface area contributed by atoms with Crippen LogP contribution in [0.1, 0.15) is 27.9 Å². The summed E-state index contributed by atoms with van der Waals surface area (Å²) in [4.78, 5) is 9.01. The van der Waals surface area contributed by atoms with Gasteiger partial charge in [-0.25, -0.2) is 4.98 Å². The van der Waals surface area contributed by atoms with Gasteiger partial charge in [-0.1, -0.05) is 91.0 Å². The fourth-order valence-electron chi connectivity index (χ4n) is 6.85. The summed E-state index contributed by atoms with van der Waals surface area (Å²) in [7, 11) is 0. The highest BCUT2D eigenvalue weighted by Gasteiger charge is 2.51. The Kier molecular flexibility index (Phi) is 5.07. The molecule has 0 aliphatic carbocycles. The number of nitriles is 1. The Morgan fingerprint density at radius 1 is 0.463 bits per heavy atom. The maximum Gasteiger partial charge on any atom is 0.164 e. The van der Waals surface area contributed by atoms with Gasteiger partial charge in [0.15, 0.2) is 5.69 Å². The van der Waals surface area contributed by atoms with E-state index in [1.54, 1.807) is 6.20 Å². The summed E-state index contributed by atoms with van der Waals surface area (Å²) >= 11 is 0. The van der Waals surface area contributed by atoms with Crippen molar-refractivity contribution in [1.29, 1.82) is 5.26 Å². The Balaban J connectivity index is 1.53. The van der Waals surface area contributed by atoms with E-state index in [-0.39, 0.29) is 0 Å². The standard InChI is InChI=1S/C37H24N4/c38-25-31-36(23-12-24-39-31)41-34-21-10-6-17-29(34)37(30-18-7-11-22-35(30)41)27-15-4-8-19-32(27)40(26-13-2-1-3-14-26)33-20-9-5-16-28(33)37/h1-24H. The number of benzene rings is 5. The molecule has 0 N–H and O–H groups in total. The van der Waals surface area contributed by atoms with Crippen LogP contribution in [0.4, 0.5) is 34.1 Å². The molecule has 8 rings (SSSR count). The SMILES string of the molecule is N#Cc1ncccc1N1c2ccccc2C2(c3ccccc3N(c3ccccc3)c3ccccc32)c2ccccc21. The second kappa shape index (κ2) is 8.94. The van der Waals surface area contributed by atoms with Crippen LogP contribution in [0.25, 0.3) is 0 Å². The highest BCUT2D eigenvalue weighted by atomic mass is 15.2. The molecule has 0 saturated heterocycles. The first kappa shape index (κ1) is 23.2. The van der Waals surface area contributed by atoms with E-state index >= 15 is 0 Å². The summed E-state index contributed by atoms with van der Waals surface area (Å²) in [5.74, 6) is 0. The van der Waals surface area contributed by atoms with E-state index in [0.29, 0.717) is 5.69 Å². The van der Waals surface area contributed by atoms with Crippen LogP contribution in [0.2, 0.25) is 0 Å². The van der Waals surface area contributed by atoms with Gasteiger partial charge in [0, 0.05) is 11.9 Å². The Morgan fingerprint density at radius 2 is 0.878 bits per heavy atom. The average molecular weight is 525 g/mol. The van der Waals surface area contributed by atoms with E-state index in [1.165, 1.54) is 22.3 Å². The van der Waals surface area contributed by atoms with Crippen LogP contribution in [0.3, 0.4) is 0 Å². The van der Waals surface area contributed by atoms with Crippen molar-refractivity contribution < 1.29 is 0 Å².